The SMILES string of the molecule is Cn1nc(N2CCC(=O)NC2=O)c2ccc(NC3CCN(c4ncc(Cl)c(Nc5ccc6c(c5)n(C)c(=O)n6C)n4)CC3)cc21. The van der Waals surface area contributed by atoms with Gasteiger partial charge < -0.3 is 15.5 Å². The Bertz CT molecular complexity index is 2040. The predicted octanol–water partition coefficient (Wildman–Crippen LogP) is 3.48. The number of carbonyl (C=O) groups excluding carboxylic acids is 2. The number of anilines is 5. The molecule has 3 aromatic heterocycles. The van der Waals surface area contributed by atoms with Crippen LogP contribution in [0, 0.1) is 0 Å². The Hall–Kier alpha value is -5.11. The van der Waals surface area contributed by atoms with Gasteiger partial charge in [-0.25, -0.2) is 14.6 Å². The standard InChI is InChI=1S/C30H32ClN11O3/c1-38-22-7-5-19(15-24(22)39(2)30(38)45)34-26-21(31)16-32-28(36-26)41-11-8-17(9-12-41)33-18-4-6-20-23(14-18)40(3)37-27(20)42-13-10-25(43)35-29(42)44/h4-7,14-17,33H,8-13H2,1-3H3,(H,32,34,36)(H,35,43,44). The van der Waals surface area contributed by atoms with Gasteiger partial charge in [-0.2, -0.15) is 10.1 Å². The molecule has 0 atom stereocenters. The number of imide groups is 1. The Morgan fingerprint density at radius 1 is 0.911 bits per heavy atom. The first kappa shape index (κ1) is 28.6. The smallest absolute Gasteiger partial charge is 0.329 e. The van der Waals surface area contributed by atoms with Crippen LogP contribution in [-0.4, -0.2) is 66.5 Å². The van der Waals surface area contributed by atoms with Crippen molar-refractivity contribution in [1.82, 2.24) is 34.2 Å². The van der Waals surface area contributed by atoms with Crippen molar-refractivity contribution in [1.29, 1.82) is 0 Å². The van der Waals surface area contributed by atoms with Crippen molar-refractivity contribution in [2.24, 2.45) is 21.1 Å². The summed E-state index contributed by atoms with van der Waals surface area (Å²) < 4.78 is 4.98. The van der Waals surface area contributed by atoms with Crippen molar-refractivity contribution in [2.45, 2.75) is 25.3 Å². The van der Waals surface area contributed by atoms with E-state index in [2.05, 4.69) is 30.9 Å². The Kier molecular flexibility index (Phi) is 7.07. The lowest BCUT2D eigenvalue weighted by Gasteiger charge is -2.33. The van der Waals surface area contributed by atoms with Crippen LogP contribution in [0.25, 0.3) is 21.9 Å². The van der Waals surface area contributed by atoms with E-state index in [1.165, 1.54) is 4.90 Å². The van der Waals surface area contributed by atoms with Crippen LogP contribution in [0.1, 0.15) is 19.3 Å². The molecular formula is C30H32ClN11O3. The van der Waals surface area contributed by atoms with Gasteiger partial charge in [-0.15, -0.1) is 0 Å². The minimum atomic E-state index is -0.449. The largest absolute Gasteiger partial charge is 0.382 e. The van der Waals surface area contributed by atoms with Gasteiger partial charge in [0.15, 0.2) is 11.6 Å². The van der Waals surface area contributed by atoms with Crippen molar-refractivity contribution in [3.05, 3.63) is 58.1 Å². The molecule has 7 rings (SSSR count). The van der Waals surface area contributed by atoms with Gasteiger partial charge in [0.1, 0.15) is 5.02 Å². The van der Waals surface area contributed by atoms with Crippen LogP contribution >= 0.6 is 11.6 Å². The van der Waals surface area contributed by atoms with E-state index in [0.29, 0.717) is 29.2 Å². The molecule has 0 spiro atoms. The summed E-state index contributed by atoms with van der Waals surface area (Å²) in [5.74, 6) is 1.37. The van der Waals surface area contributed by atoms with E-state index in [-0.39, 0.29) is 24.1 Å². The Labute approximate surface area is 262 Å². The number of nitrogens with one attached hydrogen (secondary N) is 3. The quantitative estimate of drug-likeness (QED) is 0.257. The summed E-state index contributed by atoms with van der Waals surface area (Å²) in [6, 6.07) is 11.5. The molecule has 2 aliphatic heterocycles. The summed E-state index contributed by atoms with van der Waals surface area (Å²) in [5.41, 5.74) is 4.19. The first-order chi connectivity index (χ1) is 21.7. The number of hydrogen-bond donors (Lipinski definition) is 3. The van der Waals surface area contributed by atoms with E-state index in [9.17, 15) is 14.4 Å². The van der Waals surface area contributed by atoms with E-state index >= 15 is 0 Å². The lowest BCUT2D eigenvalue weighted by atomic mass is 10.0. The molecule has 14 nitrogen and oxygen atoms in total. The zero-order chi connectivity index (χ0) is 31.4. The van der Waals surface area contributed by atoms with Gasteiger partial charge in [0.2, 0.25) is 11.9 Å². The molecular weight excluding hydrogens is 598 g/mol. The topological polar surface area (TPSA) is 147 Å². The maximum absolute atomic E-state index is 12.4. The van der Waals surface area contributed by atoms with Gasteiger partial charge in [-0.1, -0.05) is 11.6 Å². The van der Waals surface area contributed by atoms with Crippen molar-refractivity contribution in [3.63, 3.8) is 0 Å². The van der Waals surface area contributed by atoms with E-state index < -0.39 is 6.03 Å². The number of nitrogens with zero attached hydrogens (tertiary/aromatic N) is 8. The number of amides is 3. The lowest BCUT2D eigenvalue weighted by molar-refractivity contribution is -0.120. The first-order valence-electron chi connectivity index (χ1n) is 14.7. The minimum absolute atomic E-state index is 0.0861. The second-order valence-electron chi connectivity index (χ2n) is 11.4. The number of aromatic nitrogens is 6. The van der Waals surface area contributed by atoms with Gasteiger partial charge >= 0.3 is 11.7 Å². The zero-order valence-corrected chi connectivity index (χ0v) is 25.8. The molecule has 2 fully saturated rings. The number of urea groups is 1. The highest BCUT2D eigenvalue weighted by molar-refractivity contribution is 6.33. The highest BCUT2D eigenvalue weighted by Gasteiger charge is 2.28. The van der Waals surface area contributed by atoms with Crippen LogP contribution in [0.2, 0.25) is 5.02 Å². The molecule has 5 aromatic rings. The fourth-order valence-corrected chi connectivity index (χ4v) is 6.21. The number of hydrogen-bond acceptors (Lipinski definition) is 9. The molecule has 0 saturated carbocycles. The van der Waals surface area contributed by atoms with Gasteiger partial charge in [0.05, 0.1) is 22.7 Å². The molecule has 0 radical (unpaired) electrons. The van der Waals surface area contributed by atoms with Crippen molar-refractivity contribution >= 4 is 74.4 Å². The van der Waals surface area contributed by atoms with E-state index in [0.717, 1.165) is 59.2 Å². The second kappa shape index (κ2) is 11.1. The zero-order valence-electron chi connectivity index (χ0n) is 25.0. The highest BCUT2D eigenvalue weighted by atomic mass is 35.5. The fraction of sp³-hybridized carbons (Fsp3) is 0.333. The average Bonchev–Trinajstić information content (AvgIpc) is 3.46. The summed E-state index contributed by atoms with van der Waals surface area (Å²) >= 11 is 6.47. The number of carbonyl (C=O) groups is 2. The maximum atomic E-state index is 12.4. The molecule has 2 aliphatic rings. The summed E-state index contributed by atoms with van der Waals surface area (Å²) in [4.78, 5) is 49.2. The predicted molar refractivity (Wildman–Crippen MR) is 174 cm³/mol. The fourth-order valence-electron chi connectivity index (χ4n) is 6.07. The van der Waals surface area contributed by atoms with Crippen molar-refractivity contribution in [3.8, 4) is 0 Å². The number of imidazole rings is 1. The van der Waals surface area contributed by atoms with Crippen LogP contribution in [0.4, 0.5) is 33.8 Å². The number of benzene rings is 2. The normalized spacial score (nSPS) is 16.1. The monoisotopic (exact) mass is 629 g/mol. The lowest BCUT2D eigenvalue weighted by Crippen LogP contribution is -2.49. The second-order valence-corrected chi connectivity index (χ2v) is 11.8. The number of piperidine rings is 1. The molecule has 2 aromatic carbocycles. The molecule has 0 unspecified atom stereocenters. The van der Waals surface area contributed by atoms with Crippen LogP contribution in [0.15, 0.2) is 47.4 Å². The molecule has 0 bridgehead atoms. The molecule has 232 valence electrons. The van der Waals surface area contributed by atoms with E-state index in [1.807, 2.05) is 43.4 Å². The third kappa shape index (κ3) is 5.20. The van der Waals surface area contributed by atoms with E-state index in [1.54, 1.807) is 34.1 Å². The van der Waals surface area contributed by atoms with E-state index in [4.69, 9.17) is 16.6 Å². The molecule has 0 aliphatic carbocycles. The van der Waals surface area contributed by atoms with Gasteiger partial charge in [0, 0.05) is 70.0 Å². The van der Waals surface area contributed by atoms with Crippen LogP contribution in [0.3, 0.4) is 0 Å². The average molecular weight is 630 g/mol. The number of halogens is 1. The van der Waals surface area contributed by atoms with Gasteiger partial charge in [0.25, 0.3) is 0 Å². The Morgan fingerprint density at radius 3 is 2.42 bits per heavy atom. The molecule has 5 heterocycles. The summed E-state index contributed by atoms with van der Waals surface area (Å²) in [6.07, 6.45) is 3.61. The van der Waals surface area contributed by atoms with Crippen molar-refractivity contribution in [2.75, 3.05) is 40.1 Å². The molecule has 45 heavy (non-hydrogen) atoms. The van der Waals surface area contributed by atoms with Crippen LogP contribution < -0.4 is 31.4 Å². The number of aryl methyl sites for hydroxylation is 3. The van der Waals surface area contributed by atoms with Gasteiger partial charge in [-0.3, -0.25) is 28.8 Å². The van der Waals surface area contributed by atoms with Crippen molar-refractivity contribution < 1.29 is 9.59 Å². The van der Waals surface area contributed by atoms with Gasteiger partial charge in [-0.05, 0) is 49.2 Å². The summed E-state index contributed by atoms with van der Waals surface area (Å²) in [6.45, 7) is 1.82. The van der Waals surface area contributed by atoms with Crippen LogP contribution in [-0.2, 0) is 25.9 Å². The molecule has 3 N–H and O–H groups in total. The minimum Gasteiger partial charge on any atom is -0.382 e. The highest BCUT2D eigenvalue weighted by Crippen LogP contribution is 2.31. The molecule has 3 amide bonds. The Morgan fingerprint density at radius 2 is 1.64 bits per heavy atom. The summed E-state index contributed by atoms with van der Waals surface area (Å²) in [5, 5.41) is 15.1. The third-order valence-electron chi connectivity index (χ3n) is 8.56. The Balaban J connectivity index is 1.02. The first-order valence-corrected chi connectivity index (χ1v) is 15.1. The maximum Gasteiger partial charge on any atom is 0.329 e. The summed E-state index contributed by atoms with van der Waals surface area (Å²) in [7, 11) is 5.35. The van der Waals surface area contributed by atoms with Crippen LogP contribution in [0.5, 0.6) is 0 Å². The molecule has 2 saturated heterocycles. The third-order valence-corrected chi connectivity index (χ3v) is 8.83. The molecule has 15 heteroatoms. The number of fused-ring (bicyclic) bond motifs is 2. The number of rotatable bonds is 6.